The van der Waals surface area contributed by atoms with Crippen LogP contribution in [0.4, 0.5) is 0 Å². The van der Waals surface area contributed by atoms with Crippen LogP contribution < -0.4 is 9.46 Å². The SMILES string of the molecule is COc1ccc(S(=O)(=O)NCC(C)CSC)c(CCO)c1. The van der Waals surface area contributed by atoms with Gasteiger partial charge in [-0.05, 0) is 48.1 Å². The van der Waals surface area contributed by atoms with E-state index in [-0.39, 0.29) is 23.8 Å². The molecule has 0 aliphatic carbocycles. The zero-order valence-electron chi connectivity index (χ0n) is 12.6. The Labute approximate surface area is 131 Å². The van der Waals surface area contributed by atoms with Gasteiger partial charge in [0.05, 0.1) is 12.0 Å². The Hall–Kier alpha value is -0.760. The number of benzene rings is 1. The lowest BCUT2D eigenvalue weighted by atomic mass is 10.1. The van der Waals surface area contributed by atoms with Gasteiger partial charge in [-0.2, -0.15) is 11.8 Å². The number of hydrogen-bond donors (Lipinski definition) is 2. The van der Waals surface area contributed by atoms with E-state index in [9.17, 15) is 8.42 Å². The molecule has 0 aliphatic heterocycles. The molecule has 0 saturated heterocycles. The van der Waals surface area contributed by atoms with Crippen molar-refractivity contribution in [3.05, 3.63) is 23.8 Å². The van der Waals surface area contributed by atoms with Gasteiger partial charge in [0.2, 0.25) is 10.0 Å². The van der Waals surface area contributed by atoms with E-state index >= 15 is 0 Å². The van der Waals surface area contributed by atoms with Crippen LogP contribution in [0.2, 0.25) is 0 Å². The topological polar surface area (TPSA) is 75.6 Å². The quantitative estimate of drug-likeness (QED) is 0.716. The molecule has 0 bridgehead atoms. The lowest BCUT2D eigenvalue weighted by Crippen LogP contribution is -2.30. The van der Waals surface area contributed by atoms with Gasteiger partial charge in [-0.1, -0.05) is 6.92 Å². The Kier molecular flexibility index (Phi) is 7.51. The summed E-state index contributed by atoms with van der Waals surface area (Å²) in [7, 11) is -2.06. The Morgan fingerprint density at radius 3 is 2.71 bits per heavy atom. The molecule has 120 valence electrons. The van der Waals surface area contributed by atoms with Crippen molar-refractivity contribution in [2.75, 3.05) is 32.3 Å². The minimum Gasteiger partial charge on any atom is -0.497 e. The highest BCUT2D eigenvalue weighted by Gasteiger charge is 2.19. The smallest absolute Gasteiger partial charge is 0.240 e. The van der Waals surface area contributed by atoms with Crippen molar-refractivity contribution >= 4 is 21.8 Å². The molecular weight excluding hydrogens is 310 g/mol. The first-order valence-corrected chi connectivity index (χ1v) is 9.58. The zero-order chi connectivity index (χ0) is 15.9. The van der Waals surface area contributed by atoms with Crippen LogP contribution in [0.3, 0.4) is 0 Å². The van der Waals surface area contributed by atoms with E-state index in [1.165, 1.54) is 13.2 Å². The summed E-state index contributed by atoms with van der Waals surface area (Å²) >= 11 is 1.69. The molecule has 0 amide bonds. The number of methoxy groups -OCH3 is 1. The molecule has 0 fully saturated rings. The van der Waals surface area contributed by atoms with Crippen LogP contribution in [0.25, 0.3) is 0 Å². The fourth-order valence-corrected chi connectivity index (χ4v) is 4.03. The average molecular weight is 333 g/mol. The second kappa shape index (κ2) is 8.63. The standard InChI is InChI=1S/C14H23NO4S2/c1-11(10-20-3)9-15-21(17,18)14-5-4-13(19-2)8-12(14)6-7-16/h4-5,8,11,15-16H,6-7,9-10H2,1-3H3. The van der Waals surface area contributed by atoms with Crippen molar-refractivity contribution in [1.29, 1.82) is 0 Å². The minimum atomic E-state index is -3.58. The highest BCUT2D eigenvalue weighted by atomic mass is 32.2. The molecule has 2 N–H and O–H groups in total. The first-order valence-electron chi connectivity index (χ1n) is 6.71. The largest absolute Gasteiger partial charge is 0.497 e. The third-order valence-electron chi connectivity index (χ3n) is 3.01. The number of ether oxygens (including phenoxy) is 1. The number of hydrogen-bond acceptors (Lipinski definition) is 5. The fourth-order valence-electron chi connectivity index (χ4n) is 1.93. The Morgan fingerprint density at radius 2 is 2.14 bits per heavy atom. The van der Waals surface area contributed by atoms with Gasteiger partial charge in [0, 0.05) is 13.2 Å². The van der Waals surface area contributed by atoms with Crippen molar-refractivity contribution in [2.45, 2.75) is 18.2 Å². The Bertz CT molecular complexity index is 546. The second-order valence-electron chi connectivity index (χ2n) is 4.86. The van der Waals surface area contributed by atoms with Gasteiger partial charge in [0.25, 0.3) is 0 Å². The van der Waals surface area contributed by atoms with E-state index in [2.05, 4.69) is 4.72 Å². The summed E-state index contributed by atoms with van der Waals surface area (Å²) in [6.07, 6.45) is 2.27. The maximum atomic E-state index is 12.4. The predicted octanol–water partition coefficient (Wildman–Crippen LogP) is 1.51. The molecule has 1 unspecified atom stereocenters. The van der Waals surface area contributed by atoms with E-state index in [1.807, 2.05) is 13.2 Å². The number of nitrogens with one attached hydrogen (secondary N) is 1. The van der Waals surface area contributed by atoms with Gasteiger partial charge in [0.15, 0.2) is 0 Å². The monoisotopic (exact) mass is 333 g/mol. The van der Waals surface area contributed by atoms with Crippen LogP contribution in [-0.4, -0.2) is 45.8 Å². The molecule has 1 aromatic carbocycles. The maximum absolute atomic E-state index is 12.4. The lowest BCUT2D eigenvalue weighted by Gasteiger charge is -2.15. The molecule has 0 saturated carbocycles. The summed E-state index contributed by atoms with van der Waals surface area (Å²) in [5.74, 6) is 1.73. The lowest BCUT2D eigenvalue weighted by molar-refractivity contribution is 0.298. The molecule has 7 heteroatoms. The van der Waals surface area contributed by atoms with Crippen molar-refractivity contribution < 1.29 is 18.3 Å². The van der Waals surface area contributed by atoms with Crippen LogP contribution in [-0.2, 0) is 16.4 Å². The summed E-state index contributed by atoms with van der Waals surface area (Å²) in [5.41, 5.74) is 0.557. The minimum absolute atomic E-state index is 0.113. The molecule has 1 atom stereocenters. The normalized spacial score (nSPS) is 13.1. The molecule has 0 radical (unpaired) electrons. The summed E-state index contributed by atoms with van der Waals surface area (Å²) < 4.78 is 32.5. The first-order chi connectivity index (χ1) is 9.94. The van der Waals surface area contributed by atoms with Crippen LogP contribution in [0.5, 0.6) is 5.75 Å². The second-order valence-corrected chi connectivity index (χ2v) is 7.51. The molecule has 0 aliphatic rings. The Balaban J connectivity index is 2.96. The van der Waals surface area contributed by atoms with E-state index in [4.69, 9.17) is 9.84 Å². The molecule has 0 spiro atoms. The van der Waals surface area contributed by atoms with Gasteiger partial charge < -0.3 is 9.84 Å². The fraction of sp³-hybridized carbons (Fsp3) is 0.571. The van der Waals surface area contributed by atoms with E-state index in [1.54, 1.807) is 23.9 Å². The van der Waals surface area contributed by atoms with Crippen molar-refractivity contribution in [1.82, 2.24) is 4.72 Å². The van der Waals surface area contributed by atoms with E-state index in [0.29, 0.717) is 17.9 Å². The molecular formula is C14H23NO4S2. The maximum Gasteiger partial charge on any atom is 0.240 e. The highest BCUT2D eigenvalue weighted by Crippen LogP contribution is 2.22. The van der Waals surface area contributed by atoms with E-state index in [0.717, 1.165) is 5.75 Å². The number of sulfonamides is 1. The molecule has 5 nitrogen and oxygen atoms in total. The van der Waals surface area contributed by atoms with Gasteiger partial charge in [-0.15, -0.1) is 0 Å². The number of aliphatic hydroxyl groups excluding tert-OH is 1. The van der Waals surface area contributed by atoms with Gasteiger partial charge in [-0.3, -0.25) is 0 Å². The average Bonchev–Trinajstić information content (AvgIpc) is 2.45. The molecule has 1 rings (SSSR count). The van der Waals surface area contributed by atoms with Crippen LogP contribution in [0.1, 0.15) is 12.5 Å². The van der Waals surface area contributed by atoms with E-state index < -0.39 is 10.0 Å². The van der Waals surface area contributed by atoms with Crippen molar-refractivity contribution in [2.24, 2.45) is 5.92 Å². The predicted molar refractivity (Wildman–Crippen MR) is 86.5 cm³/mol. The molecule has 21 heavy (non-hydrogen) atoms. The Morgan fingerprint density at radius 1 is 1.43 bits per heavy atom. The number of rotatable bonds is 9. The third kappa shape index (κ3) is 5.50. The number of thioether (sulfide) groups is 1. The number of aliphatic hydroxyl groups is 1. The highest BCUT2D eigenvalue weighted by molar-refractivity contribution is 7.98. The van der Waals surface area contributed by atoms with Gasteiger partial charge in [-0.25, -0.2) is 13.1 Å². The molecule has 1 aromatic rings. The van der Waals surface area contributed by atoms with Crippen LogP contribution in [0, 0.1) is 5.92 Å². The first kappa shape index (κ1) is 18.3. The van der Waals surface area contributed by atoms with Crippen LogP contribution >= 0.6 is 11.8 Å². The molecule has 0 aromatic heterocycles. The summed E-state index contributed by atoms with van der Waals surface area (Å²) in [5, 5.41) is 9.10. The van der Waals surface area contributed by atoms with Crippen LogP contribution in [0.15, 0.2) is 23.1 Å². The third-order valence-corrected chi connectivity index (χ3v) is 5.44. The summed E-state index contributed by atoms with van der Waals surface area (Å²) in [6.45, 7) is 2.29. The zero-order valence-corrected chi connectivity index (χ0v) is 14.3. The van der Waals surface area contributed by atoms with Gasteiger partial charge >= 0.3 is 0 Å². The van der Waals surface area contributed by atoms with Gasteiger partial charge in [0.1, 0.15) is 5.75 Å². The van der Waals surface area contributed by atoms with Crippen molar-refractivity contribution in [3.8, 4) is 5.75 Å². The van der Waals surface area contributed by atoms with Crippen molar-refractivity contribution in [3.63, 3.8) is 0 Å². The summed E-state index contributed by atoms with van der Waals surface area (Å²) in [4.78, 5) is 0.203. The molecule has 0 heterocycles. The summed E-state index contributed by atoms with van der Waals surface area (Å²) in [6, 6.07) is 4.78.